The van der Waals surface area contributed by atoms with Crippen molar-refractivity contribution in [3.8, 4) is 0 Å². The zero-order valence-corrected chi connectivity index (χ0v) is 10.7. The van der Waals surface area contributed by atoms with Crippen molar-refractivity contribution in [1.29, 1.82) is 0 Å². The van der Waals surface area contributed by atoms with Gasteiger partial charge in [0.05, 0.1) is 0 Å². The second-order valence-electron chi connectivity index (χ2n) is 5.52. The third-order valence-corrected chi connectivity index (χ3v) is 4.09. The van der Waals surface area contributed by atoms with E-state index in [4.69, 9.17) is 5.11 Å². The Balaban J connectivity index is 1.62. The molecule has 1 unspecified atom stereocenters. The predicted molar refractivity (Wildman–Crippen MR) is 67.3 cm³/mol. The molecule has 0 aromatic heterocycles. The second kappa shape index (κ2) is 6.07. The molecule has 1 aliphatic heterocycles. The van der Waals surface area contributed by atoms with E-state index in [9.17, 15) is 9.59 Å². The van der Waals surface area contributed by atoms with Crippen LogP contribution in [-0.2, 0) is 4.79 Å². The number of amides is 2. The van der Waals surface area contributed by atoms with Crippen LogP contribution in [0.1, 0.15) is 38.5 Å². The van der Waals surface area contributed by atoms with Crippen LogP contribution in [0.15, 0.2) is 0 Å². The van der Waals surface area contributed by atoms with Crippen LogP contribution in [-0.4, -0.2) is 41.6 Å². The summed E-state index contributed by atoms with van der Waals surface area (Å²) in [7, 11) is 0. The average molecular weight is 254 g/mol. The van der Waals surface area contributed by atoms with Crippen molar-refractivity contribution in [3.63, 3.8) is 0 Å². The lowest BCUT2D eigenvalue weighted by Crippen LogP contribution is -2.39. The fourth-order valence-electron chi connectivity index (χ4n) is 2.71. The number of hydrogen-bond donors (Lipinski definition) is 2. The van der Waals surface area contributed by atoms with Gasteiger partial charge in [-0.25, -0.2) is 4.79 Å². The summed E-state index contributed by atoms with van der Waals surface area (Å²) in [4.78, 5) is 24.2. The van der Waals surface area contributed by atoms with Crippen LogP contribution in [0.25, 0.3) is 0 Å². The largest absolute Gasteiger partial charge is 0.481 e. The van der Waals surface area contributed by atoms with Gasteiger partial charge >= 0.3 is 12.0 Å². The summed E-state index contributed by atoms with van der Waals surface area (Å²) >= 11 is 0. The molecule has 0 aromatic rings. The summed E-state index contributed by atoms with van der Waals surface area (Å²) in [5.74, 6) is 0.163. The van der Waals surface area contributed by atoms with Crippen LogP contribution in [0, 0.1) is 11.8 Å². The predicted octanol–water partition coefficient (Wildman–Crippen LogP) is 1.68. The zero-order valence-electron chi connectivity index (χ0n) is 10.7. The van der Waals surface area contributed by atoms with Crippen LogP contribution >= 0.6 is 0 Å². The quantitative estimate of drug-likeness (QED) is 0.784. The van der Waals surface area contributed by atoms with Gasteiger partial charge in [0.15, 0.2) is 0 Å². The number of aliphatic carboxylic acids is 1. The second-order valence-corrected chi connectivity index (χ2v) is 5.52. The first-order valence-corrected chi connectivity index (χ1v) is 6.89. The van der Waals surface area contributed by atoms with Gasteiger partial charge in [0.25, 0.3) is 0 Å². The molecule has 5 heteroatoms. The van der Waals surface area contributed by atoms with Crippen LogP contribution in [0.3, 0.4) is 0 Å². The van der Waals surface area contributed by atoms with Crippen molar-refractivity contribution in [2.45, 2.75) is 38.5 Å². The number of likely N-dealkylation sites (tertiary alicyclic amines) is 1. The van der Waals surface area contributed by atoms with Crippen molar-refractivity contribution in [1.82, 2.24) is 10.2 Å². The van der Waals surface area contributed by atoms with Crippen LogP contribution < -0.4 is 5.32 Å². The highest BCUT2D eigenvalue weighted by Crippen LogP contribution is 2.28. The van der Waals surface area contributed by atoms with Crippen LogP contribution in [0.2, 0.25) is 0 Å². The number of nitrogens with one attached hydrogen (secondary N) is 1. The molecule has 0 bridgehead atoms. The minimum Gasteiger partial charge on any atom is -0.481 e. The Kier molecular flexibility index (Phi) is 4.44. The normalized spacial score (nSPS) is 23.8. The molecule has 2 aliphatic rings. The summed E-state index contributed by atoms with van der Waals surface area (Å²) < 4.78 is 0. The van der Waals surface area contributed by atoms with Gasteiger partial charge in [0.1, 0.15) is 0 Å². The molecule has 0 radical (unpaired) electrons. The maximum atomic E-state index is 11.8. The molecular formula is C13H22N2O3. The zero-order chi connectivity index (χ0) is 13.0. The first-order valence-electron chi connectivity index (χ1n) is 6.89. The number of nitrogens with zero attached hydrogens (tertiary/aromatic N) is 1. The summed E-state index contributed by atoms with van der Waals surface area (Å²) in [6.07, 6.45) is 6.01. The Morgan fingerprint density at radius 3 is 2.61 bits per heavy atom. The van der Waals surface area contributed by atoms with Crippen molar-refractivity contribution < 1.29 is 14.7 Å². The van der Waals surface area contributed by atoms with E-state index in [1.165, 1.54) is 19.3 Å². The SMILES string of the molecule is O=C(O)CC1CCN(C(=O)NCCC2CCC2)C1. The molecule has 5 nitrogen and oxygen atoms in total. The van der Waals surface area contributed by atoms with E-state index in [0.717, 1.165) is 25.3 Å². The Morgan fingerprint density at radius 2 is 2.00 bits per heavy atom. The van der Waals surface area contributed by atoms with E-state index in [-0.39, 0.29) is 18.4 Å². The average Bonchev–Trinajstić information content (AvgIpc) is 2.69. The van der Waals surface area contributed by atoms with E-state index in [2.05, 4.69) is 5.32 Å². The van der Waals surface area contributed by atoms with Gasteiger partial charge in [-0.3, -0.25) is 4.79 Å². The summed E-state index contributed by atoms with van der Waals surface area (Å²) in [5.41, 5.74) is 0. The standard InChI is InChI=1S/C13H22N2O3/c16-12(17)8-11-5-7-15(9-11)13(18)14-6-4-10-2-1-3-10/h10-11H,1-9H2,(H,14,18)(H,16,17). The minimum atomic E-state index is -0.771. The highest BCUT2D eigenvalue weighted by atomic mass is 16.4. The smallest absolute Gasteiger partial charge is 0.317 e. The van der Waals surface area contributed by atoms with Gasteiger partial charge in [-0.05, 0) is 24.7 Å². The topological polar surface area (TPSA) is 69.6 Å². The molecule has 2 N–H and O–H groups in total. The number of carbonyl (C=O) groups excluding carboxylic acids is 1. The summed E-state index contributed by atoms with van der Waals surface area (Å²) in [6.45, 7) is 2.03. The first-order chi connectivity index (χ1) is 8.65. The van der Waals surface area contributed by atoms with E-state index < -0.39 is 5.97 Å². The first kappa shape index (κ1) is 13.2. The molecule has 1 aliphatic carbocycles. The maximum absolute atomic E-state index is 11.8. The third-order valence-electron chi connectivity index (χ3n) is 4.09. The molecule has 18 heavy (non-hydrogen) atoms. The van der Waals surface area contributed by atoms with Gasteiger partial charge in [0.2, 0.25) is 0 Å². The molecule has 1 saturated carbocycles. The van der Waals surface area contributed by atoms with Gasteiger partial charge in [-0.15, -0.1) is 0 Å². The number of carbonyl (C=O) groups is 2. The van der Waals surface area contributed by atoms with Crippen molar-refractivity contribution in [2.24, 2.45) is 11.8 Å². The highest BCUT2D eigenvalue weighted by molar-refractivity contribution is 5.74. The van der Waals surface area contributed by atoms with Crippen LogP contribution in [0.5, 0.6) is 0 Å². The van der Waals surface area contributed by atoms with Gasteiger partial charge in [-0.1, -0.05) is 19.3 Å². The van der Waals surface area contributed by atoms with Crippen LogP contribution in [0.4, 0.5) is 4.79 Å². The maximum Gasteiger partial charge on any atom is 0.317 e. The molecule has 2 amide bonds. The number of hydrogen-bond acceptors (Lipinski definition) is 2. The lowest BCUT2D eigenvalue weighted by molar-refractivity contribution is -0.138. The van der Waals surface area contributed by atoms with E-state index >= 15 is 0 Å². The molecule has 1 heterocycles. The minimum absolute atomic E-state index is 0.0257. The lowest BCUT2D eigenvalue weighted by atomic mass is 9.83. The molecule has 1 saturated heterocycles. The molecular weight excluding hydrogens is 232 g/mol. The number of carboxylic acids is 1. The third kappa shape index (κ3) is 3.62. The summed E-state index contributed by atoms with van der Waals surface area (Å²) in [6, 6.07) is -0.0257. The van der Waals surface area contributed by atoms with E-state index in [0.29, 0.717) is 13.1 Å². The molecule has 1 atom stereocenters. The molecule has 2 rings (SSSR count). The fraction of sp³-hybridized carbons (Fsp3) is 0.846. The Labute approximate surface area is 108 Å². The highest BCUT2D eigenvalue weighted by Gasteiger charge is 2.27. The Hall–Kier alpha value is -1.26. The molecule has 0 aromatic carbocycles. The van der Waals surface area contributed by atoms with E-state index in [1.54, 1.807) is 4.90 Å². The van der Waals surface area contributed by atoms with Gasteiger partial charge in [0, 0.05) is 26.1 Å². The fourth-order valence-corrected chi connectivity index (χ4v) is 2.71. The Morgan fingerprint density at radius 1 is 1.22 bits per heavy atom. The number of carboxylic acid groups (broad SMARTS) is 1. The molecule has 2 fully saturated rings. The lowest BCUT2D eigenvalue weighted by Gasteiger charge is -2.25. The summed E-state index contributed by atoms with van der Waals surface area (Å²) in [5, 5.41) is 11.7. The number of urea groups is 1. The van der Waals surface area contributed by atoms with Crippen molar-refractivity contribution >= 4 is 12.0 Å². The van der Waals surface area contributed by atoms with Crippen molar-refractivity contribution in [2.75, 3.05) is 19.6 Å². The van der Waals surface area contributed by atoms with Gasteiger partial charge in [-0.2, -0.15) is 0 Å². The molecule has 102 valence electrons. The Bertz CT molecular complexity index is 315. The number of rotatable bonds is 5. The van der Waals surface area contributed by atoms with E-state index in [1.807, 2.05) is 0 Å². The monoisotopic (exact) mass is 254 g/mol. The van der Waals surface area contributed by atoms with Gasteiger partial charge < -0.3 is 15.3 Å². The van der Waals surface area contributed by atoms with Crippen molar-refractivity contribution in [3.05, 3.63) is 0 Å². The molecule has 0 spiro atoms.